The zero-order chi connectivity index (χ0) is 20.8. The number of hydrogen-bond acceptors (Lipinski definition) is 4. The van der Waals surface area contributed by atoms with Crippen molar-refractivity contribution in [2.75, 3.05) is 33.2 Å². The van der Waals surface area contributed by atoms with Crippen LogP contribution in [0.15, 0.2) is 70.8 Å². The molecule has 3 heterocycles. The summed E-state index contributed by atoms with van der Waals surface area (Å²) in [6.07, 6.45) is 7.10. The number of benzene rings is 1. The number of nitrogens with one attached hydrogen (secondary N) is 1. The van der Waals surface area contributed by atoms with Crippen LogP contribution in [0, 0.1) is 0 Å². The number of nitrogens with zero attached hydrogens (tertiary/aromatic N) is 5. The molecule has 1 saturated heterocycles. The van der Waals surface area contributed by atoms with Crippen molar-refractivity contribution in [2.45, 2.75) is 13.1 Å². The first kappa shape index (κ1) is 19.8. The van der Waals surface area contributed by atoms with Gasteiger partial charge in [-0.25, -0.2) is 4.98 Å². The van der Waals surface area contributed by atoms with E-state index in [1.165, 1.54) is 17.4 Å². The van der Waals surface area contributed by atoms with Gasteiger partial charge in [-0.2, -0.15) is 0 Å². The van der Waals surface area contributed by atoms with Crippen LogP contribution in [0.2, 0.25) is 0 Å². The van der Waals surface area contributed by atoms with Gasteiger partial charge in [0.05, 0.1) is 12.6 Å². The minimum atomic E-state index is -0.0571. The number of guanidine groups is 1. The zero-order valence-electron chi connectivity index (χ0n) is 17.1. The third kappa shape index (κ3) is 4.71. The Morgan fingerprint density at radius 3 is 2.47 bits per heavy atom. The Balaban J connectivity index is 1.26. The van der Waals surface area contributed by atoms with Crippen molar-refractivity contribution < 1.29 is 9.21 Å². The predicted molar refractivity (Wildman–Crippen MR) is 114 cm³/mol. The molecule has 30 heavy (non-hydrogen) atoms. The molecule has 0 radical (unpaired) electrons. The summed E-state index contributed by atoms with van der Waals surface area (Å²) in [4.78, 5) is 24.9. The minimum Gasteiger partial charge on any atom is -0.459 e. The van der Waals surface area contributed by atoms with Crippen LogP contribution in [-0.2, 0) is 13.1 Å². The largest absolute Gasteiger partial charge is 0.459 e. The molecule has 1 aliphatic rings. The van der Waals surface area contributed by atoms with Gasteiger partial charge in [0.15, 0.2) is 11.7 Å². The highest BCUT2D eigenvalue weighted by Crippen LogP contribution is 2.10. The molecule has 3 aromatic rings. The number of piperazine rings is 1. The Kier molecular flexibility index (Phi) is 6.12. The summed E-state index contributed by atoms with van der Waals surface area (Å²) in [6.45, 7) is 4.26. The smallest absolute Gasteiger partial charge is 0.289 e. The highest BCUT2D eigenvalue weighted by molar-refractivity contribution is 5.91. The van der Waals surface area contributed by atoms with E-state index in [0.717, 1.165) is 25.6 Å². The maximum absolute atomic E-state index is 12.4. The van der Waals surface area contributed by atoms with E-state index >= 15 is 0 Å². The van der Waals surface area contributed by atoms with Crippen molar-refractivity contribution in [1.29, 1.82) is 0 Å². The summed E-state index contributed by atoms with van der Waals surface area (Å²) in [7, 11) is 1.79. The first-order chi connectivity index (χ1) is 14.7. The number of hydrogen-bond donors (Lipinski definition) is 1. The van der Waals surface area contributed by atoms with Crippen molar-refractivity contribution >= 4 is 11.9 Å². The third-order valence-electron chi connectivity index (χ3n) is 5.21. The Morgan fingerprint density at radius 2 is 1.83 bits per heavy atom. The molecule has 8 nitrogen and oxygen atoms in total. The first-order valence-corrected chi connectivity index (χ1v) is 10.0. The van der Waals surface area contributed by atoms with E-state index in [-0.39, 0.29) is 5.91 Å². The Hall–Kier alpha value is -3.55. The van der Waals surface area contributed by atoms with Crippen molar-refractivity contribution in [3.63, 3.8) is 0 Å². The molecule has 0 saturated carbocycles. The molecule has 0 spiro atoms. The van der Waals surface area contributed by atoms with Crippen LogP contribution in [0.3, 0.4) is 0 Å². The van der Waals surface area contributed by atoms with Gasteiger partial charge in [-0.1, -0.05) is 24.3 Å². The van der Waals surface area contributed by atoms with Crippen molar-refractivity contribution in [1.82, 2.24) is 24.7 Å². The van der Waals surface area contributed by atoms with Gasteiger partial charge >= 0.3 is 0 Å². The Labute approximate surface area is 175 Å². The summed E-state index contributed by atoms with van der Waals surface area (Å²) in [5.41, 5.74) is 2.43. The average molecular weight is 406 g/mol. The van der Waals surface area contributed by atoms with E-state index in [2.05, 4.69) is 44.5 Å². The number of rotatable bonds is 5. The Morgan fingerprint density at radius 1 is 1.10 bits per heavy atom. The van der Waals surface area contributed by atoms with Gasteiger partial charge in [0.25, 0.3) is 5.91 Å². The fraction of sp³-hybridized carbons (Fsp3) is 0.318. The normalized spacial score (nSPS) is 14.8. The molecule has 0 atom stereocenters. The average Bonchev–Trinajstić information content (AvgIpc) is 3.50. The van der Waals surface area contributed by atoms with Gasteiger partial charge in [-0.15, -0.1) is 0 Å². The molecule has 0 bridgehead atoms. The van der Waals surface area contributed by atoms with Crippen LogP contribution < -0.4 is 5.32 Å². The van der Waals surface area contributed by atoms with E-state index in [0.29, 0.717) is 25.4 Å². The second-order valence-corrected chi connectivity index (χ2v) is 7.21. The number of aromatic nitrogens is 2. The molecule has 1 amide bonds. The quantitative estimate of drug-likeness (QED) is 0.518. The van der Waals surface area contributed by atoms with E-state index in [4.69, 9.17) is 4.42 Å². The maximum Gasteiger partial charge on any atom is 0.289 e. The number of amides is 1. The van der Waals surface area contributed by atoms with Gasteiger partial charge in [0.1, 0.15) is 0 Å². The van der Waals surface area contributed by atoms with Gasteiger partial charge < -0.3 is 24.1 Å². The van der Waals surface area contributed by atoms with Crippen molar-refractivity contribution in [3.8, 4) is 0 Å². The van der Waals surface area contributed by atoms with Crippen LogP contribution in [0.4, 0.5) is 0 Å². The molecule has 0 aliphatic carbocycles. The van der Waals surface area contributed by atoms with Gasteiger partial charge in [-0.3, -0.25) is 9.79 Å². The number of carbonyl (C=O) groups excluding carboxylic acids is 1. The molecule has 1 aromatic carbocycles. The molecule has 4 rings (SSSR count). The number of imidazole rings is 1. The highest BCUT2D eigenvalue weighted by atomic mass is 16.3. The molecular formula is C22H26N6O2. The lowest BCUT2D eigenvalue weighted by Gasteiger charge is -2.36. The monoisotopic (exact) mass is 406 g/mol. The van der Waals surface area contributed by atoms with Gasteiger partial charge in [-0.05, 0) is 23.3 Å². The van der Waals surface area contributed by atoms with E-state index in [1.807, 2.05) is 22.0 Å². The van der Waals surface area contributed by atoms with Crippen molar-refractivity contribution in [2.24, 2.45) is 4.99 Å². The third-order valence-corrected chi connectivity index (χ3v) is 5.21. The summed E-state index contributed by atoms with van der Waals surface area (Å²) >= 11 is 0. The van der Waals surface area contributed by atoms with E-state index in [9.17, 15) is 4.79 Å². The molecule has 1 fully saturated rings. The Bertz CT molecular complexity index is 956. The predicted octanol–water partition coefficient (Wildman–Crippen LogP) is 2.06. The molecular weight excluding hydrogens is 380 g/mol. The van der Waals surface area contributed by atoms with Crippen LogP contribution in [-0.4, -0.2) is 64.4 Å². The standard InChI is InChI=1S/C22H26N6O2/c1-23-22(28-12-10-27(11-13-28)21(29)20-3-2-14-30-20)25-15-18-4-6-19(7-5-18)16-26-9-8-24-17-26/h2-9,14,17H,10-13,15-16H2,1H3,(H,23,25). The first-order valence-electron chi connectivity index (χ1n) is 10.0. The van der Waals surface area contributed by atoms with E-state index in [1.54, 1.807) is 25.4 Å². The molecule has 8 heteroatoms. The van der Waals surface area contributed by atoms with Crippen LogP contribution in [0.25, 0.3) is 0 Å². The number of furan rings is 1. The topological polar surface area (TPSA) is 78.9 Å². The summed E-state index contributed by atoms with van der Waals surface area (Å²) in [5, 5.41) is 3.43. The highest BCUT2D eigenvalue weighted by Gasteiger charge is 2.25. The fourth-order valence-electron chi connectivity index (χ4n) is 3.54. The van der Waals surface area contributed by atoms with Crippen LogP contribution >= 0.6 is 0 Å². The molecule has 2 aromatic heterocycles. The molecule has 156 valence electrons. The molecule has 1 N–H and O–H groups in total. The fourth-order valence-corrected chi connectivity index (χ4v) is 3.54. The molecule has 0 unspecified atom stereocenters. The lowest BCUT2D eigenvalue weighted by atomic mass is 10.1. The number of carbonyl (C=O) groups is 1. The second-order valence-electron chi connectivity index (χ2n) is 7.21. The van der Waals surface area contributed by atoms with Gasteiger partial charge in [0, 0.05) is 58.7 Å². The molecule has 1 aliphatic heterocycles. The second kappa shape index (κ2) is 9.30. The lowest BCUT2D eigenvalue weighted by molar-refractivity contribution is 0.0657. The van der Waals surface area contributed by atoms with Crippen molar-refractivity contribution in [3.05, 3.63) is 78.3 Å². The summed E-state index contributed by atoms with van der Waals surface area (Å²) < 4.78 is 7.27. The summed E-state index contributed by atoms with van der Waals surface area (Å²) in [6, 6.07) is 12.0. The van der Waals surface area contributed by atoms with Crippen LogP contribution in [0.1, 0.15) is 21.7 Å². The van der Waals surface area contributed by atoms with Crippen LogP contribution in [0.5, 0.6) is 0 Å². The maximum atomic E-state index is 12.4. The number of aliphatic imine (C=N–C) groups is 1. The van der Waals surface area contributed by atoms with Gasteiger partial charge in [0.2, 0.25) is 0 Å². The minimum absolute atomic E-state index is 0.0571. The lowest BCUT2D eigenvalue weighted by Crippen LogP contribution is -2.53. The SMILES string of the molecule is CN=C(NCc1ccc(Cn2ccnc2)cc1)N1CCN(C(=O)c2ccco2)CC1. The zero-order valence-corrected chi connectivity index (χ0v) is 17.1. The summed E-state index contributed by atoms with van der Waals surface area (Å²) in [5.74, 6) is 1.18. The van der Waals surface area contributed by atoms with E-state index < -0.39 is 0 Å².